The molecule has 0 spiro atoms. The Morgan fingerprint density at radius 1 is 1.39 bits per heavy atom. The number of hydrogen-bond acceptors (Lipinski definition) is 1. The van der Waals surface area contributed by atoms with Crippen LogP contribution < -0.4 is 0 Å². The van der Waals surface area contributed by atoms with Gasteiger partial charge in [0.1, 0.15) is 5.82 Å². The molecule has 0 saturated carbocycles. The topological polar surface area (TPSA) is 20.3 Å². The predicted molar refractivity (Wildman–Crippen MR) is 73.1 cm³/mol. The summed E-state index contributed by atoms with van der Waals surface area (Å²) in [5.41, 5.74) is 0.553. The monoisotopic (exact) mass is 313 g/mol. The summed E-state index contributed by atoms with van der Waals surface area (Å²) < 4.78 is 13.5. The summed E-state index contributed by atoms with van der Waals surface area (Å²) in [7, 11) is 0. The average molecular weight is 314 g/mol. The standard InChI is InChI=1S/C14H17BrFNO/c1-10-5-3-2-4-8-17(10)14(18)11-6-7-13(16)12(15)9-11/h6-7,9-10H,2-5,8H2,1H3. The number of nitrogens with zero attached hydrogens (tertiary/aromatic N) is 1. The van der Waals surface area contributed by atoms with E-state index in [9.17, 15) is 9.18 Å². The van der Waals surface area contributed by atoms with Crippen LogP contribution in [0.15, 0.2) is 22.7 Å². The van der Waals surface area contributed by atoms with Gasteiger partial charge in [-0.15, -0.1) is 0 Å². The van der Waals surface area contributed by atoms with Gasteiger partial charge in [-0.2, -0.15) is 0 Å². The van der Waals surface area contributed by atoms with Gasteiger partial charge in [-0.3, -0.25) is 4.79 Å². The summed E-state index contributed by atoms with van der Waals surface area (Å²) >= 11 is 3.12. The first-order chi connectivity index (χ1) is 8.59. The molecule has 0 aromatic heterocycles. The zero-order chi connectivity index (χ0) is 13.1. The largest absolute Gasteiger partial charge is 0.336 e. The summed E-state index contributed by atoms with van der Waals surface area (Å²) in [5.74, 6) is -0.333. The van der Waals surface area contributed by atoms with Crippen LogP contribution in [0.25, 0.3) is 0 Å². The molecule has 1 aliphatic heterocycles. The molecule has 0 radical (unpaired) electrons. The lowest BCUT2D eigenvalue weighted by atomic mass is 10.1. The highest BCUT2D eigenvalue weighted by molar-refractivity contribution is 9.10. The third-order valence-electron chi connectivity index (χ3n) is 3.48. The molecule has 1 atom stereocenters. The summed E-state index contributed by atoms with van der Waals surface area (Å²) in [5, 5.41) is 0. The van der Waals surface area contributed by atoms with Crippen LogP contribution in [0.3, 0.4) is 0 Å². The molecule has 0 N–H and O–H groups in total. The van der Waals surface area contributed by atoms with Gasteiger partial charge in [-0.1, -0.05) is 12.8 Å². The number of carbonyl (C=O) groups is 1. The molecule has 1 amide bonds. The van der Waals surface area contributed by atoms with E-state index in [1.165, 1.54) is 18.9 Å². The molecular weight excluding hydrogens is 297 g/mol. The van der Waals surface area contributed by atoms with Crippen molar-refractivity contribution in [3.05, 3.63) is 34.1 Å². The van der Waals surface area contributed by atoms with E-state index in [0.717, 1.165) is 19.4 Å². The number of hydrogen-bond donors (Lipinski definition) is 0. The molecule has 98 valence electrons. The van der Waals surface area contributed by atoms with Crippen molar-refractivity contribution in [1.29, 1.82) is 0 Å². The highest BCUT2D eigenvalue weighted by Crippen LogP contribution is 2.22. The first-order valence-corrected chi connectivity index (χ1v) is 7.15. The maximum absolute atomic E-state index is 13.2. The van der Waals surface area contributed by atoms with Crippen LogP contribution in [0.2, 0.25) is 0 Å². The van der Waals surface area contributed by atoms with E-state index in [1.54, 1.807) is 12.1 Å². The van der Waals surface area contributed by atoms with Crippen molar-refractivity contribution in [2.45, 2.75) is 38.6 Å². The van der Waals surface area contributed by atoms with E-state index in [4.69, 9.17) is 0 Å². The van der Waals surface area contributed by atoms with E-state index in [0.29, 0.717) is 10.0 Å². The van der Waals surface area contributed by atoms with Crippen LogP contribution in [0, 0.1) is 5.82 Å². The number of benzene rings is 1. The van der Waals surface area contributed by atoms with Crippen LogP contribution in [0.4, 0.5) is 4.39 Å². The third-order valence-corrected chi connectivity index (χ3v) is 4.09. The Hall–Kier alpha value is -0.900. The fourth-order valence-corrected chi connectivity index (χ4v) is 2.75. The molecular formula is C14H17BrFNO. The Bertz CT molecular complexity index is 449. The van der Waals surface area contributed by atoms with Gasteiger partial charge in [0.2, 0.25) is 0 Å². The molecule has 1 aromatic rings. The van der Waals surface area contributed by atoms with Crippen molar-refractivity contribution in [2.75, 3.05) is 6.54 Å². The maximum atomic E-state index is 13.2. The Balaban J connectivity index is 2.21. The molecule has 1 fully saturated rings. The molecule has 1 aromatic carbocycles. The lowest BCUT2D eigenvalue weighted by Crippen LogP contribution is -2.38. The van der Waals surface area contributed by atoms with Gasteiger partial charge in [0.05, 0.1) is 4.47 Å². The smallest absolute Gasteiger partial charge is 0.254 e. The van der Waals surface area contributed by atoms with Gasteiger partial charge >= 0.3 is 0 Å². The number of likely N-dealkylation sites (tertiary alicyclic amines) is 1. The lowest BCUT2D eigenvalue weighted by molar-refractivity contribution is 0.0698. The quantitative estimate of drug-likeness (QED) is 0.767. The van der Waals surface area contributed by atoms with Gasteiger partial charge < -0.3 is 4.90 Å². The lowest BCUT2D eigenvalue weighted by Gasteiger charge is -2.27. The van der Waals surface area contributed by atoms with E-state index in [2.05, 4.69) is 22.9 Å². The van der Waals surface area contributed by atoms with Crippen LogP contribution in [-0.4, -0.2) is 23.4 Å². The summed E-state index contributed by atoms with van der Waals surface area (Å²) in [4.78, 5) is 14.3. The van der Waals surface area contributed by atoms with Crippen LogP contribution >= 0.6 is 15.9 Å². The fourth-order valence-electron chi connectivity index (χ4n) is 2.37. The molecule has 2 rings (SSSR count). The third kappa shape index (κ3) is 2.91. The van der Waals surface area contributed by atoms with E-state index >= 15 is 0 Å². The minimum atomic E-state index is -0.338. The van der Waals surface area contributed by atoms with Gasteiger partial charge in [-0.05, 0) is 53.9 Å². The van der Waals surface area contributed by atoms with Crippen LogP contribution in [0.5, 0.6) is 0 Å². The minimum Gasteiger partial charge on any atom is -0.336 e. The number of halogens is 2. The minimum absolute atomic E-state index is 0.00472. The molecule has 1 heterocycles. The van der Waals surface area contributed by atoms with E-state index < -0.39 is 0 Å². The number of carbonyl (C=O) groups excluding carboxylic acids is 1. The van der Waals surface area contributed by atoms with Crippen LogP contribution in [-0.2, 0) is 0 Å². The number of amides is 1. The molecule has 4 heteroatoms. The second-order valence-electron chi connectivity index (χ2n) is 4.83. The maximum Gasteiger partial charge on any atom is 0.254 e. The summed E-state index contributed by atoms with van der Waals surface area (Å²) in [6.07, 6.45) is 4.46. The molecule has 0 bridgehead atoms. The van der Waals surface area contributed by atoms with Gasteiger partial charge in [0, 0.05) is 18.2 Å². The van der Waals surface area contributed by atoms with E-state index in [-0.39, 0.29) is 17.8 Å². The first-order valence-electron chi connectivity index (χ1n) is 6.35. The Morgan fingerprint density at radius 2 is 2.17 bits per heavy atom. The molecule has 0 aliphatic carbocycles. The molecule has 18 heavy (non-hydrogen) atoms. The Morgan fingerprint density at radius 3 is 2.89 bits per heavy atom. The van der Waals surface area contributed by atoms with Crippen LogP contribution in [0.1, 0.15) is 43.0 Å². The molecule has 1 saturated heterocycles. The van der Waals surface area contributed by atoms with Gasteiger partial charge in [-0.25, -0.2) is 4.39 Å². The SMILES string of the molecule is CC1CCCCCN1C(=O)c1ccc(F)c(Br)c1. The molecule has 1 aliphatic rings. The second kappa shape index (κ2) is 5.83. The Labute approximate surface area is 115 Å². The Kier molecular flexibility index (Phi) is 4.38. The van der Waals surface area contributed by atoms with Crippen molar-refractivity contribution >= 4 is 21.8 Å². The second-order valence-corrected chi connectivity index (χ2v) is 5.68. The molecule has 2 nitrogen and oxygen atoms in total. The normalized spacial score (nSPS) is 20.6. The van der Waals surface area contributed by atoms with Crippen molar-refractivity contribution < 1.29 is 9.18 Å². The predicted octanol–water partition coefficient (Wildman–Crippen LogP) is 3.99. The summed E-state index contributed by atoms with van der Waals surface area (Å²) in [6.45, 7) is 2.89. The average Bonchev–Trinajstić information content (AvgIpc) is 2.56. The van der Waals surface area contributed by atoms with E-state index in [1.807, 2.05) is 4.90 Å². The van der Waals surface area contributed by atoms with Gasteiger partial charge in [0.25, 0.3) is 5.91 Å². The van der Waals surface area contributed by atoms with Crippen molar-refractivity contribution in [3.63, 3.8) is 0 Å². The van der Waals surface area contributed by atoms with Gasteiger partial charge in [0.15, 0.2) is 0 Å². The molecule has 1 unspecified atom stereocenters. The van der Waals surface area contributed by atoms with Crippen molar-refractivity contribution in [1.82, 2.24) is 4.90 Å². The number of rotatable bonds is 1. The summed E-state index contributed by atoms with van der Waals surface area (Å²) in [6, 6.07) is 4.72. The van der Waals surface area contributed by atoms with Crippen molar-refractivity contribution in [2.24, 2.45) is 0 Å². The highest BCUT2D eigenvalue weighted by Gasteiger charge is 2.23. The highest BCUT2D eigenvalue weighted by atomic mass is 79.9. The fraction of sp³-hybridized carbons (Fsp3) is 0.500. The zero-order valence-electron chi connectivity index (χ0n) is 10.5. The van der Waals surface area contributed by atoms with Crippen molar-refractivity contribution in [3.8, 4) is 0 Å². The zero-order valence-corrected chi connectivity index (χ0v) is 12.0. The first kappa shape index (κ1) is 13.5.